The third-order valence-corrected chi connectivity index (χ3v) is 5.33. The van der Waals surface area contributed by atoms with Gasteiger partial charge in [0.05, 0.1) is 37.3 Å². The Balaban J connectivity index is 1.24. The van der Waals surface area contributed by atoms with Crippen LogP contribution in [-0.4, -0.2) is 45.9 Å². The highest BCUT2D eigenvalue weighted by atomic mass is 16.7. The molecular weight excluding hydrogens is 450 g/mol. The summed E-state index contributed by atoms with van der Waals surface area (Å²) in [6, 6.07) is 13.0. The van der Waals surface area contributed by atoms with Gasteiger partial charge in [-0.15, -0.1) is 0 Å². The van der Waals surface area contributed by atoms with Gasteiger partial charge in [-0.1, -0.05) is 6.07 Å². The van der Waals surface area contributed by atoms with Gasteiger partial charge in [-0.25, -0.2) is 0 Å². The fourth-order valence-electron chi connectivity index (χ4n) is 3.74. The Morgan fingerprint density at radius 2 is 1.89 bits per heavy atom. The van der Waals surface area contributed by atoms with E-state index in [1.54, 1.807) is 23.1 Å². The number of hydrogen-bond acceptors (Lipinski definition) is 7. The zero-order valence-electron chi connectivity index (χ0n) is 19.4. The Bertz CT molecular complexity index is 1350. The average molecular weight is 476 g/mol. The molecule has 0 unspecified atom stereocenters. The van der Waals surface area contributed by atoms with Crippen LogP contribution < -0.4 is 24.3 Å². The molecule has 3 heterocycles. The zero-order valence-corrected chi connectivity index (χ0v) is 19.4. The van der Waals surface area contributed by atoms with Gasteiger partial charge in [0.2, 0.25) is 6.79 Å². The Kier molecular flexibility index (Phi) is 6.25. The van der Waals surface area contributed by atoms with Gasteiger partial charge in [-0.3, -0.25) is 14.6 Å². The summed E-state index contributed by atoms with van der Waals surface area (Å²) in [5.74, 6) is 2.45. The molecule has 0 fully saturated rings. The molecule has 0 aliphatic carbocycles. The molecule has 0 saturated carbocycles. The summed E-state index contributed by atoms with van der Waals surface area (Å²) in [5, 5.41) is 14.2. The van der Waals surface area contributed by atoms with Crippen LogP contribution in [0.25, 0.3) is 11.3 Å². The first-order chi connectivity index (χ1) is 17.1. The Morgan fingerprint density at radius 1 is 1.06 bits per heavy atom. The van der Waals surface area contributed by atoms with Crippen LogP contribution in [0.4, 0.5) is 5.69 Å². The maximum atomic E-state index is 12.7. The topological polar surface area (TPSA) is 113 Å². The third kappa shape index (κ3) is 4.91. The van der Waals surface area contributed by atoms with Crippen LogP contribution in [0, 0.1) is 0 Å². The summed E-state index contributed by atoms with van der Waals surface area (Å²) < 4.78 is 23.8. The molecule has 2 aromatic carbocycles. The Hall–Kier alpha value is -4.47. The summed E-state index contributed by atoms with van der Waals surface area (Å²) in [5.41, 5.74) is 3.35. The molecule has 0 saturated heterocycles. The molecule has 10 nitrogen and oxygen atoms in total. The van der Waals surface area contributed by atoms with E-state index in [1.807, 2.05) is 50.2 Å². The molecular formula is C25H25N5O5. The highest BCUT2D eigenvalue weighted by molar-refractivity contribution is 6.03. The van der Waals surface area contributed by atoms with Crippen LogP contribution in [-0.2, 0) is 6.54 Å². The van der Waals surface area contributed by atoms with E-state index in [1.165, 1.54) is 0 Å². The molecule has 1 aliphatic heterocycles. The van der Waals surface area contributed by atoms with Crippen molar-refractivity contribution in [2.24, 2.45) is 0 Å². The predicted octanol–water partition coefficient (Wildman–Crippen LogP) is 4.10. The van der Waals surface area contributed by atoms with Crippen molar-refractivity contribution in [3.8, 4) is 34.3 Å². The van der Waals surface area contributed by atoms with Gasteiger partial charge in [-0.05, 0) is 55.8 Å². The molecule has 0 spiro atoms. The molecule has 5 rings (SSSR count). The first kappa shape index (κ1) is 22.3. The first-order valence-corrected chi connectivity index (χ1v) is 11.3. The second-order valence-corrected chi connectivity index (χ2v) is 7.76. The number of aromatic nitrogens is 4. The van der Waals surface area contributed by atoms with E-state index in [-0.39, 0.29) is 12.7 Å². The minimum atomic E-state index is -0.316. The smallest absolute Gasteiger partial charge is 0.273 e. The molecule has 4 aromatic rings. The fourth-order valence-corrected chi connectivity index (χ4v) is 3.74. The quantitative estimate of drug-likeness (QED) is 0.375. The minimum Gasteiger partial charge on any atom is -0.490 e. The molecule has 10 heteroatoms. The standard InChI is InChI=1S/C25H25N5O5/c1-3-32-21-7-5-16(9-23(21)33-4-2)13-30-14-18(12-26-30)27-25(31)20-11-19(28-29-20)17-6-8-22-24(10-17)35-15-34-22/h5-12,14H,3-4,13,15H2,1-2H3,(H,27,31)(H,28,29). The van der Waals surface area contributed by atoms with Crippen molar-refractivity contribution < 1.29 is 23.7 Å². The van der Waals surface area contributed by atoms with Crippen molar-refractivity contribution in [3.05, 3.63) is 66.1 Å². The van der Waals surface area contributed by atoms with E-state index in [0.717, 1.165) is 11.1 Å². The maximum Gasteiger partial charge on any atom is 0.273 e. The summed E-state index contributed by atoms with van der Waals surface area (Å²) in [7, 11) is 0. The average Bonchev–Trinajstić information content (AvgIpc) is 3.61. The van der Waals surface area contributed by atoms with Crippen LogP contribution in [0.1, 0.15) is 29.9 Å². The molecule has 0 atom stereocenters. The summed E-state index contributed by atoms with van der Waals surface area (Å²) in [6.07, 6.45) is 3.37. The van der Waals surface area contributed by atoms with Gasteiger partial charge in [-0.2, -0.15) is 10.2 Å². The number of carbonyl (C=O) groups excluding carboxylic acids is 1. The summed E-state index contributed by atoms with van der Waals surface area (Å²) in [6.45, 7) is 5.70. The molecule has 0 radical (unpaired) electrons. The van der Waals surface area contributed by atoms with Gasteiger partial charge >= 0.3 is 0 Å². The fraction of sp³-hybridized carbons (Fsp3) is 0.240. The van der Waals surface area contributed by atoms with Gasteiger partial charge in [0.15, 0.2) is 23.0 Å². The number of anilines is 1. The molecule has 2 N–H and O–H groups in total. The number of nitrogens with one attached hydrogen (secondary N) is 2. The second kappa shape index (κ2) is 9.80. The maximum absolute atomic E-state index is 12.7. The number of fused-ring (bicyclic) bond motifs is 1. The lowest BCUT2D eigenvalue weighted by Crippen LogP contribution is -2.11. The molecule has 180 valence electrons. The van der Waals surface area contributed by atoms with Crippen molar-refractivity contribution in [3.63, 3.8) is 0 Å². The predicted molar refractivity (Wildman–Crippen MR) is 128 cm³/mol. The molecule has 2 aromatic heterocycles. The minimum absolute atomic E-state index is 0.201. The number of aromatic amines is 1. The highest BCUT2D eigenvalue weighted by Gasteiger charge is 2.17. The number of amides is 1. The number of ether oxygens (including phenoxy) is 4. The lowest BCUT2D eigenvalue weighted by Gasteiger charge is -2.12. The van der Waals surface area contributed by atoms with Gasteiger partial charge in [0.25, 0.3) is 5.91 Å². The summed E-state index contributed by atoms with van der Waals surface area (Å²) >= 11 is 0. The van der Waals surface area contributed by atoms with Crippen molar-refractivity contribution >= 4 is 11.6 Å². The number of hydrogen-bond donors (Lipinski definition) is 2. The van der Waals surface area contributed by atoms with E-state index >= 15 is 0 Å². The normalized spacial score (nSPS) is 11.9. The molecule has 0 bridgehead atoms. The van der Waals surface area contributed by atoms with Gasteiger partial charge in [0, 0.05) is 11.8 Å². The van der Waals surface area contributed by atoms with Crippen molar-refractivity contribution in [2.75, 3.05) is 25.3 Å². The van der Waals surface area contributed by atoms with Crippen molar-refractivity contribution in [1.29, 1.82) is 0 Å². The van der Waals surface area contributed by atoms with Crippen LogP contribution in [0.2, 0.25) is 0 Å². The highest BCUT2D eigenvalue weighted by Crippen LogP contribution is 2.35. The van der Waals surface area contributed by atoms with Crippen molar-refractivity contribution in [2.45, 2.75) is 20.4 Å². The number of rotatable bonds is 9. The van der Waals surface area contributed by atoms with Crippen LogP contribution in [0.5, 0.6) is 23.0 Å². The molecule has 35 heavy (non-hydrogen) atoms. The van der Waals surface area contributed by atoms with Gasteiger partial charge < -0.3 is 24.3 Å². The summed E-state index contributed by atoms with van der Waals surface area (Å²) in [4.78, 5) is 12.7. The Labute approximate surface area is 201 Å². The van der Waals surface area contributed by atoms with E-state index in [9.17, 15) is 4.79 Å². The SMILES string of the molecule is CCOc1ccc(Cn2cc(NC(=O)c3cc(-c4ccc5c(c4)OCO5)n[nH]3)cn2)cc1OCC. The van der Waals surface area contributed by atoms with Gasteiger partial charge in [0.1, 0.15) is 5.69 Å². The number of benzene rings is 2. The van der Waals surface area contributed by atoms with Crippen LogP contribution in [0.15, 0.2) is 54.9 Å². The largest absolute Gasteiger partial charge is 0.490 e. The number of carbonyl (C=O) groups is 1. The van der Waals surface area contributed by atoms with E-state index in [4.69, 9.17) is 18.9 Å². The lowest BCUT2D eigenvalue weighted by atomic mass is 10.1. The van der Waals surface area contributed by atoms with E-state index in [0.29, 0.717) is 59.8 Å². The molecule has 1 amide bonds. The zero-order chi connectivity index (χ0) is 24.2. The monoisotopic (exact) mass is 475 g/mol. The molecule has 1 aliphatic rings. The third-order valence-electron chi connectivity index (χ3n) is 5.33. The first-order valence-electron chi connectivity index (χ1n) is 11.3. The second-order valence-electron chi connectivity index (χ2n) is 7.76. The number of nitrogens with zero attached hydrogens (tertiary/aromatic N) is 3. The Morgan fingerprint density at radius 3 is 2.74 bits per heavy atom. The lowest BCUT2D eigenvalue weighted by molar-refractivity contribution is 0.102. The van der Waals surface area contributed by atoms with Crippen LogP contribution in [0.3, 0.4) is 0 Å². The van der Waals surface area contributed by atoms with Crippen LogP contribution >= 0.6 is 0 Å². The van der Waals surface area contributed by atoms with E-state index in [2.05, 4.69) is 20.6 Å². The number of H-pyrrole nitrogens is 1. The van der Waals surface area contributed by atoms with Crippen molar-refractivity contribution in [1.82, 2.24) is 20.0 Å². The van der Waals surface area contributed by atoms with E-state index < -0.39 is 0 Å².